The SMILES string of the molecule is Cc1nc(Cl)nc(NCC2(C)CC2)c1N. The number of halogens is 1. The second kappa shape index (κ2) is 3.52. The summed E-state index contributed by atoms with van der Waals surface area (Å²) in [4.78, 5) is 8.07. The fraction of sp³-hybridized carbons (Fsp3) is 0.600. The molecular formula is C10H15ClN4. The van der Waals surface area contributed by atoms with E-state index in [0.29, 0.717) is 16.9 Å². The van der Waals surface area contributed by atoms with Crippen LogP contribution in [0.5, 0.6) is 0 Å². The maximum atomic E-state index is 5.86. The van der Waals surface area contributed by atoms with Gasteiger partial charge in [0.1, 0.15) is 0 Å². The van der Waals surface area contributed by atoms with Crippen molar-refractivity contribution < 1.29 is 0 Å². The first-order valence-corrected chi connectivity index (χ1v) is 5.41. The molecule has 0 aliphatic heterocycles. The summed E-state index contributed by atoms with van der Waals surface area (Å²) in [6.07, 6.45) is 2.52. The van der Waals surface area contributed by atoms with E-state index < -0.39 is 0 Å². The molecule has 0 aromatic carbocycles. The average Bonchev–Trinajstić information content (AvgIpc) is 2.88. The smallest absolute Gasteiger partial charge is 0.224 e. The van der Waals surface area contributed by atoms with Crippen molar-refractivity contribution in [3.63, 3.8) is 0 Å². The van der Waals surface area contributed by atoms with Gasteiger partial charge in [-0.05, 0) is 36.8 Å². The maximum absolute atomic E-state index is 5.86. The van der Waals surface area contributed by atoms with Gasteiger partial charge in [0.2, 0.25) is 5.28 Å². The molecule has 0 saturated heterocycles. The summed E-state index contributed by atoms with van der Waals surface area (Å²) in [5.41, 5.74) is 7.58. The number of nitrogens with zero attached hydrogens (tertiary/aromatic N) is 2. The summed E-state index contributed by atoms with van der Waals surface area (Å²) in [6.45, 7) is 4.96. The van der Waals surface area contributed by atoms with Gasteiger partial charge in [0.15, 0.2) is 5.82 Å². The van der Waals surface area contributed by atoms with Gasteiger partial charge in [-0.1, -0.05) is 6.92 Å². The Morgan fingerprint density at radius 2 is 2.13 bits per heavy atom. The number of aryl methyl sites for hydroxylation is 1. The van der Waals surface area contributed by atoms with Crippen LogP contribution in [0.4, 0.5) is 11.5 Å². The highest BCUT2D eigenvalue weighted by Gasteiger charge is 2.37. The number of hydrogen-bond acceptors (Lipinski definition) is 4. The van der Waals surface area contributed by atoms with Crippen molar-refractivity contribution in [2.75, 3.05) is 17.6 Å². The third kappa shape index (κ3) is 2.31. The van der Waals surface area contributed by atoms with Gasteiger partial charge in [-0.2, -0.15) is 4.98 Å². The van der Waals surface area contributed by atoms with Crippen LogP contribution >= 0.6 is 11.6 Å². The van der Waals surface area contributed by atoms with E-state index in [1.165, 1.54) is 12.8 Å². The Balaban J connectivity index is 2.13. The van der Waals surface area contributed by atoms with E-state index in [2.05, 4.69) is 22.2 Å². The van der Waals surface area contributed by atoms with Crippen LogP contribution in [0.3, 0.4) is 0 Å². The van der Waals surface area contributed by atoms with Crippen LogP contribution in [0.1, 0.15) is 25.5 Å². The first-order valence-electron chi connectivity index (χ1n) is 5.04. The van der Waals surface area contributed by atoms with E-state index in [0.717, 1.165) is 12.2 Å². The Labute approximate surface area is 94.2 Å². The molecule has 4 nitrogen and oxygen atoms in total. The average molecular weight is 227 g/mol. The molecule has 0 amide bonds. The van der Waals surface area contributed by atoms with Gasteiger partial charge in [0.05, 0.1) is 11.4 Å². The lowest BCUT2D eigenvalue weighted by Gasteiger charge is -2.13. The first kappa shape index (κ1) is 10.5. The molecule has 1 aliphatic rings. The molecule has 15 heavy (non-hydrogen) atoms. The number of nitrogens with one attached hydrogen (secondary N) is 1. The third-order valence-corrected chi connectivity index (χ3v) is 3.06. The quantitative estimate of drug-likeness (QED) is 0.776. The molecule has 82 valence electrons. The normalized spacial score (nSPS) is 17.5. The molecule has 1 aromatic heterocycles. The van der Waals surface area contributed by atoms with E-state index in [1.54, 1.807) is 0 Å². The van der Waals surface area contributed by atoms with Crippen molar-refractivity contribution >= 4 is 23.1 Å². The molecule has 0 atom stereocenters. The van der Waals surface area contributed by atoms with Crippen LogP contribution in [0.2, 0.25) is 5.28 Å². The van der Waals surface area contributed by atoms with E-state index in [1.807, 2.05) is 6.92 Å². The zero-order valence-electron chi connectivity index (χ0n) is 8.97. The molecule has 1 saturated carbocycles. The highest BCUT2D eigenvalue weighted by molar-refractivity contribution is 6.28. The van der Waals surface area contributed by atoms with E-state index in [9.17, 15) is 0 Å². The van der Waals surface area contributed by atoms with Crippen LogP contribution in [0.25, 0.3) is 0 Å². The largest absolute Gasteiger partial charge is 0.394 e. The zero-order valence-corrected chi connectivity index (χ0v) is 9.73. The maximum Gasteiger partial charge on any atom is 0.224 e. The lowest BCUT2D eigenvalue weighted by molar-refractivity contribution is 0.609. The number of aromatic nitrogens is 2. The van der Waals surface area contributed by atoms with Crippen LogP contribution < -0.4 is 11.1 Å². The highest BCUT2D eigenvalue weighted by atomic mass is 35.5. The third-order valence-electron chi connectivity index (χ3n) is 2.90. The second-order valence-corrected chi connectivity index (χ2v) is 4.84. The molecule has 0 unspecified atom stereocenters. The zero-order chi connectivity index (χ0) is 11.1. The Morgan fingerprint density at radius 3 is 2.73 bits per heavy atom. The molecular weight excluding hydrogens is 212 g/mol. The fourth-order valence-corrected chi connectivity index (χ4v) is 1.58. The summed E-state index contributed by atoms with van der Waals surface area (Å²) in [6, 6.07) is 0. The molecule has 2 rings (SSSR count). The molecule has 5 heteroatoms. The summed E-state index contributed by atoms with van der Waals surface area (Å²) in [5.74, 6) is 0.653. The topological polar surface area (TPSA) is 63.8 Å². The molecule has 3 N–H and O–H groups in total. The van der Waals surface area contributed by atoms with Gasteiger partial charge in [0.25, 0.3) is 0 Å². The molecule has 0 bridgehead atoms. The minimum atomic E-state index is 0.241. The number of nitrogen functional groups attached to an aromatic ring is 1. The molecule has 1 aromatic rings. The standard InChI is InChI=1S/C10H15ClN4/c1-6-7(12)8(15-9(11)14-6)13-5-10(2)3-4-10/h3-5,12H2,1-2H3,(H,13,14,15). The van der Waals surface area contributed by atoms with Crippen LogP contribution in [0.15, 0.2) is 0 Å². The summed E-state index contributed by atoms with van der Waals surface area (Å²) in [5, 5.41) is 3.48. The fourth-order valence-electron chi connectivity index (χ4n) is 1.37. The van der Waals surface area contributed by atoms with Crippen LogP contribution in [-0.4, -0.2) is 16.5 Å². The van der Waals surface area contributed by atoms with Crippen molar-refractivity contribution in [3.8, 4) is 0 Å². The van der Waals surface area contributed by atoms with Crippen molar-refractivity contribution in [1.82, 2.24) is 9.97 Å². The minimum Gasteiger partial charge on any atom is -0.394 e. The molecule has 1 aliphatic carbocycles. The number of rotatable bonds is 3. The number of anilines is 2. The summed E-state index contributed by atoms with van der Waals surface area (Å²) in [7, 11) is 0. The molecule has 1 fully saturated rings. The summed E-state index contributed by atoms with van der Waals surface area (Å²) >= 11 is 5.77. The minimum absolute atomic E-state index is 0.241. The van der Waals surface area contributed by atoms with Gasteiger partial charge >= 0.3 is 0 Å². The highest BCUT2D eigenvalue weighted by Crippen LogP contribution is 2.44. The van der Waals surface area contributed by atoms with Crippen LogP contribution in [0, 0.1) is 12.3 Å². The number of hydrogen-bond donors (Lipinski definition) is 2. The van der Waals surface area contributed by atoms with Gasteiger partial charge in [-0.3, -0.25) is 0 Å². The Morgan fingerprint density at radius 1 is 1.47 bits per heavy atom. The monoisotopic (exact) mass is 226 g/mol. The predicted molar refractivity (Wildman–Crippen MR) is 62.0 cm³/mol. The van der Waals surface area contributed by atoms with E-state index >= 15 is 0 Å². The van der Waals surface area contributed by atoms with E-state index in [4.69, 9.17) is 17.3 Å². The first-order chi connectivity index (χ1) is 7.00. The van der Waals surface area contributed by atoms with E-state index in [-0.39, 0.29) is 5.28 Å². The van der Waals surface area contributed by atoms with Crippen molar-refractivity contribution in [2.24, 2.45) is 5.41 Å². The summed E-state index contributed by atoms with van der Waals surface area (Å²) < 4.78 is 0. The Kier molecular flexibility index (Phi) is 2.46. The molecule has 0 radical (unpaired) electrons. The molecule has 1 heterocycles. The lowest BCUT2D eigenvalue weighted by Crippen LogP contribution is -2.15. The van der Waals surface area contributed by atoms with Crippen molar-refractivity contribution in [1.29, 1.82) is 0 Å². The van der Waals surface area contributed by atoms with Gasteiger partial charge in [0, 0.05) is 6.54 Å². The van der Waals surface area contributed by atoms with Gasteiger partial charge in [-0.15, -0.1) is 0 Å². The number of nitrogens with two attached hydrogens (primary N) is 1. The van der Waals surface area contributed by atoms with Gasteiger partial charge < -0.3 is 11.1 Å². The van der Waals surface area contributed by atoms with Gasteiger partial charge in [-0.25, -0.2) is 4.98 Å². The lowest BCUT2D eigenvalue weighted by atomic mass is 10.1. The van der Waals surface area contributed by atoms with Crippen molar-refractivity contribution in [2.45, 2.75) is 26.7 Å². The Bertz CT molecular complexity index is 387. The Hall–Kier alpha value is -1.03. The molecule has 0 spiro atoms. The van der Waals surface area contributed by atoms with Crippen molar-refractivity contribution in [3.05, 3.63) is 11.0 Å². The van der Waals surface area contributed by atoms with Crippen LogP contribution in [-0.2, 0) is 0 Å². The predicted octanol–water partition coefficient (Wildman–Crippen LogP) is 2.23. The second-order valence-electron chi connectivity index (χ2n) is 4.50.